The smallest absolute Gasteiger partial charge is 0.121 e. The molecule has 1 fully saturated rings. The summed E-state index contributed by atoms with van der Waals surface area (Å²) in [6.07, 6.45) is 2.48. The summed E-state index contributed by atoms with van der Waals surface area (Å²) in [5.41, 5.74) is 3.21. The van der Waals surface area contributed by atoms with Crippen LogP contribution in [0.3, 0.4) is 0 Å². The highest BCUT2D eigenvalue weighted by molar-refractivity contribution is 5.42. The van der Waals surface area contributed by atoms with Crippen LogP contribution in [-0.2, 0) is 6.54 Å². The molecule has 1 saturated heterocycles. The number of rotatable bonds is 4. The molecule has 1 aliphatic heterocycles. The molecule has 0 atom stereocenters. The minimum Gasteiger partial charge on any atom is -0.507 e. The van der Waals surface area contributed by atoms with E-state index in [-0.39, 0.29) is 0 Å². The molecule has 1 aliphatic rings. The van der Waals surface area contributed by atoms with Crippen LogP contribution in [0, 0.1) is 13.8 Å². The lowest BCUT2D eigenvalue weighted by molar-refractivity contribution is 0.206. The van der Waals surface area contributed by atoms with E-state index >= 15 is 0 Å². The van der Waals surface area contributed by atoms with Crippen molar-refractivity contribution in [3.63, 3.8) is 0 Å². The topological polar surface area (TPSA) is 35.5 Å². The van der Waals surface area contributed by atoms with Crippen molar-refractivity contribution in [1.29, 1.82) is 0 Å². The average Bonchev–Trinajstić information content (AvgIpc) is 2.43. The third kappa shape index (κ3) is 3.71. The molecular formula is C16H26N2O. The van der Waals surface area contributed by atoms with Crippen molar-refractivity contribution in [3.8, 4) is 5.75 Å². The molecule has 0 spiro atoms. The fraction of sp³-hybridized carbons (Fsp3) is 0.625. The van der Waals surface area contributed by atoms with Gasteiger partial charge in [0.05, 0.1) is 0 Å². The Bertz CT molecular complexity index is 400. The molecule has 19 heavy (non-hydrogen) atoms. The van der Waals surface area contributed by atoms with Gasteiger partial charge in [-0.15, -0.1) is 0 Å². The largest absolute Gasteiger partial charge is 0.507 e. The summed E-state index contributed by atoms with van der Waals surface area (Å²) in [6.45, 7) is 10.7. The second-order valence-electron chi connectivity index (χ2n) is 5.67. The Morgan fingerprint density at radius 1 is 1.21 bits per heavy atom. The Balaban J connectivity index is 1.86. The van der Waals surface area contributed by atoms with E-state index in [4.69, 9.17) is 0 Å². The van der Waals surface area contributed by atoms with Gasteiger partial charge in [0.1, 0.15) is 5.75 Å². The van der Waals surface area contributed by atoms with Crippen LogP contribution in [0.1, 0.15) is 36.5 Å². The molecular weight excluding hydrogens is 236 g/mol. The third-order valence-electron chi connectivity index (χ3n) is 4.18. The number of hydrogen-bond acceptors (Lipinski definition) is 3. The Labute approximate surface area is 116 Å². The molecule has 1 aromatic rings. The van der Waals surface area contributed by atoms with Crippen LogP contribution in [0.2, 0.25) is 0 Å². The van der Waals surface area contributed by atoms with E-state index in [1.165, 1.54) is 38.0 Å². The van der Waals surface area contributed by atoms with Crippen molar-refractivity contribution in [2.24, 2.45) is 0 Å². The van der Waals surface area contributed by atoms with Gasteiger partial charge in [-0.1, -0.05) is 19.1 Å². The lowest BCUT2D eigenvalue weighted by Gasteiger charge is -2.31. The number of likely N-dealkylation sites (tertiary alicyclic amines) is 1. The first-order chi connectivity index (χ1) is 9.10. The second kappa shape index (κ2) is 6.40. The van der Waals surface area contributed by atoms with Crippen LogP contribution < -0.4 is 5.32 Å². The number of nitrogens with zero attached hydrogens (tertiary/aromatic N) is 1. The molecule has 0 amide bonds. The number of hydrogen-bond donors (Lipinski definition) is 2. The molecule has 0 aromatic heterocycles. The van der Waals surface area contributed by atoms with E-state index < -0.39 is 0 Å². The van der Waals surface area contributed by atoms with Gasteiger partial charge in [0, 0.05) is 12.6 Å². The van der Waals surface area contributed by atoms with Crippen molar-refractivity contribution < 1.29 is 5.11 Å². The molecule has 0 saturated carbocycles. The molecule has 3 nitrogen and oxygen atoms in total. The maximum absolute atomic E-state index is 9.78. The summed E-state index contributed by atoms with van der Waals surface area (Å²) < 4.78 is 0. The molecule has 106 valence electrons. The van der Waals surface area contributed by atoms with Crippen molar-refractivity contribution in [1.82, 2.24) is 10.2 Å². The number of benzene rings is 1. The van der Waals surface area contributed by atoms with E-state index in [0.29, 0.717) is 11.8 Å². The first-order valence-corrected chi connectivity index (χ1v) is 7.35. The van der Waals surface area contributed by atoms with Crippen molar-refractivity contribution in [2.75, 3.05) is 19.6 Å². The monoisotopic (exact) mass is 262 g/mol. The standard InChI is InChI=1S/C16H26N2O/c1-4-18-7-5-15(6-8-18)17-11-14-9-12(2)16(19)13(3)10-14/h9-10,15,17,19H,4-8,11H2,1-3H3. The van der Waals surface area contributed by atoms with Gasteiger partial charge < -0.3 is 15.3 Å². The highest BCUT2D eigenvalue weighted by Crippen LogP contribution is 2.23. The van der Waals surface area contributed by atoms with Crippen molar-refractivity contribution in [3.05, 3.63) is 28.8 Å². The minimum absolute atomic E-state index is 0.431. The molecule has 1 aromatic carbocycles. The highest BCUT2D eigenvalue weighted by atomic mass is 16.3. The van der Waals surface area contributed by atoms with Crippen LogP contribution >= 0.6 is 0 Å². The summed E-state index contributed by atoms with van der Waals surface area (Å²) in [6, 6.07) is 4.80. The lowest BCUT2D eigenvalue weighted by Crippen LogP contribution is -2.42. The molecule has 2 rings (SSSR count). The van der Waals surface area contributed by atoms with Gasteiger partial charge in [0.2, 0.25) is 0 Å². The predicted molar refractivity (Wildman–Crippen MR) is 79.6 cm³/mol. The van der Waals surface area contributed by atoms with Gasteiger partial charge in [-0.05, 0) is 63.0 Å². The quantitative estimate of drug-likeness (QED) is 0.875. The summed E-state index contributed by atoms with van der Waals surface area (Å²) in [5.74, 6) is 0.431. The number of aromatic hydroxyl groups is 1. The Hall–Kier alpha value is -1.06. The Kier molecular flexibility index (Phi) is 4.83. The van der Waals surface area contributed by atoms with Crippen LogP contribution in [-0.4, -0.2) is 35.7 Å². The number of nitrogens with one attached hydrogen (secondary N) is 1. The maximum atomic E-state index is 9.78. The summed E-state index contributed by atoms with van der Waals surface area (Å²) in [7, 11) is 0. The highest BCUT2D eigenvalue weighted by Gasteiger charge is 2.17. The second-order valence-corrected chi connectivity index (χ2v) is 5.67. The maximum Gasteiger partial charge on any atom is 0.121 e. The van der Waals surface area contributed by atoms with E-state index in [1.54, 1.807) is 0 Å². The average molecular weight is 262 g/mol. The van der Waals surface area contributed by atoms with Crippen LogP contribution in [0.5, 0.6) is 5.75 Å². The number of phenolic OH excluding ortho intramolecular Hbond substituents is 1. The number of phenols is 1. The van der Waals surface area contributed by atoms with Gasteiger partial charge in [0.15, 0.2) is 0 Å². The van der Waals surface area contributed by atoms with Gasteiger partial charge in [-0.25, -0.2) is 0 Å². The third-order valence-corrected chi connectivity index (χ3v) is 4.18. The van der Waals surface area contributed by atoms with E-state index in [2.05, 4.69) is 29.3 Å². The van der Waals surface area contributed by atoms with Gasteiger partial charge in [-0.2, -0.15) is 0 Å². The van der Waals surface area contributed by atoms with Crippen LogP contribution in [0.25, 0.3) is 0 Å². The number of piperidine rings is 1. The zero-order valence-corrected chi connectivity index (χ0v) is 12.4. The molecule has 1 heterocycles. The first-order valence-electron chi connectivity index (χ1n) is 7.35. The predicted octanol–water partition coefficient (Wildman–Crippen LogP) is 2.58. The van der Waals surface area contributed by atoms with Gasteiger partial charge in [-0.3, -0.25) is 0 Å². The zero-order chi connectivity index (χ0) is 13.8. The van der Waals surface area contributed by atoms with E-state index in [0.717, 1.165) is 17.7 Å². The van der Waals surface area contributed by atoms with E-state index in [1.807, 2.05) is 13.8 Å². The SMILES string of the molecule is CCN1CCC(NCc2cc(C)c(O)c(C)c2)CC1. The first kappa shape index (κ1) is 14.4. The summed E-state index contributed by atoms with van der Waals surface area (Å²) >= 11 is 0. The van der Waals surface area contributed by atoms with E-state index in [9.17, 15) is 5.11 Å². The molecule has 0 radical (unpaired) electrons. The van der Waals surface area contributed by atoms with Gasteiger partial charge in [0.25, 0.3) is 0 Å². The minimum atomic E-state index is 0.431. The molecule has 2 N–H and O–H groups in total. The molecule has 0 unspecified atom stereocenters. The molecule has 0 aliphatic carbocycles. The van der Waals surface area contributed by atoms with Crippen LogP contribution in [0.4, 0.5) is 0 Å². The molecule has 3 heteroatoms. The normalized spacial score (nSPS) is 17.8. The van der Waals surface area contributed by atoms with Gasteiger partial charge >= 0.3 is 0 Å². The van der Waals surface area contributed by atoms with Crippen molar-refractivity contribution in [2.45, 2.75) is 46.2 Å². The Morgan fingerprint density at radius 3 is 2.32 bits per heavy atom. The molecule has 0 bridgehead atoms. The summed E-state index contributed by atoms with van der Waals surface area (Å²) in [5, 5.41) is 13.4. The zero-order valence-electron chi connectivity index (χ0n) is 12.4. The van der Waals surface area contributed by atoms with Crippen LogP contribution in [0.15, 0.2) is 12.1 Å². The summed E-state index contributed by atoms with van der Waals surface area (Å²) in [4.78, 5) is 2.51. The Morgan fingerprint density at radius 2 is 1.79 bits per heavy atom. The fourth-order valence-electron chi connectivity index (χ4n) is 2.86. The lowest BCUT2D eigenvalue weighted by atomic mass is 10.0. The fourth-order valence-corrected chi connectivity index (χ4v) is 2.86. The number of aryl methyl sites for hydroxylation is 2. The van der Waals surface area contributed by atoms with Crippen molar-refractivity contribution >= 4 is 0 Å².